The summed E-state index contributed by atoms with van der Waals surface area (Å²) in [7, 11) is 2.01. The van der Waals surface area contributed by atoms with Gasteiger partial charge in [-0.2, -0.15) is 0 Å². The van der Waals surface area contributed by atoms with E-state index in [1.807, 2.05) is 11.6 Å². The molecule has 2 saturated heterocycles. The fourth-order valence-corrected chi connectivity index (χ4v) is 4.46. The van der Waals surface area contributed by atoms with Crippen LogP contribution in [-0.2, 0) is 11.8 Å². The van der Waals surface area contributed by atoms with Gasteiger partial charge in [0.1, 0.15) is 30.1 Å². The minimum atomic E-state index is 0.224. The number of nitrogens with zero attached hydrogens (tertiary/aromatic N) is 6. The van der Waals surface area contributed by atoms with E-state index < -0.39 is 0 Å². The highest BCUT2D eigenvalue weighted by Gasteiger charge is 2.29. The maximum atomic E-state index is 6.01. The highest BCUT2D eigenvalue weighted by atomic mass is 16.5. The van der Waals surface area contributed by atoms with Crippen molar-refractivity contribution in [1.82, 2.24) is 24.7 Å². The van der Waals surface area contributed by atoms with Crippen LogP contribution in [0.1, 0.15) is 51.3 Å². The van der Waals surface area contributed by atoms with E-state index >= 15 is 0 Å². The van der Waals surface area contributed by atoms with Crippen LogP contribution in [0.25, 0.3) is 0 Å². The number of aromatic nitrogens is 5. The molecule has 2 aliphatic heterocycles. The summed E-state index contributed by atoms with van der Waals surface area (Å²) in [6, 6.07) is 2.37. The van der Waals surface area contributed by atoms with Crippen LogP contribution in [0.5, 0.6) is 0 Å². The number of piperidine rings is 1. The number of aryl methyl sites for hydroxylation is 1. The zero-order valence-corrected chi connectivity index (χ0v) is 17.1. The first-order valence-corrected chi connectivity index (χ1v) is 10.4. The van der Waals surface area contributed by atoms with Gasteiger partial charge in [0.15, 0.2) is 0 Å². The van der Waals surface area contributed by atoms with Crippen molar-refractivity contribution in [3.63, 3.8) is 0 Å². The first-order valence-electron chi connectivity index (χ1n) is 10.4. The second kappa shape index (κ2) is 8.43. The van der Waals surface area contributed by atoms with Crippen LogP contribution < -0.4 is 10.2 Å². The minimum Gasteiger partial charge on any atom is -0.376 e. The smallest absolute Gasteiger partial charge is 0.137 e. The number of hydrogen-bond donors (Lipinski definition) is 1. The second-order valence-corrected chi connectivity index (χ2v) is 8.32. The third-order valence-corrected chi connectivity index (χ3v) is 5.87. The molecule has 0 unspecified atom stereocenters. The lowest BCUT2D eigenvalue weighted by molar-refractivity contribution is -0.0203. The third-order valence-electron chi connectivity index (χ3n) is 5.87. The van der Waals surface area contributed by atoms with Crippen LogP contribution in [0.15, 0.2) is 18.7 Å². The minimum absolute atomic E-state index is 0.224. The van der Waals surface area contributed by atoms with Gasteiger partial charge in [0, 0.05) is 38.7 Å². The largest absolute Gasteiger partial charge is 0.376 e. The van der Waals surface area contributed by atoms with E-state index in [9.17, 15) is 0 Å². The van der Waals surface area contributed by atoms with Crippen molar-refractivity contribution in [2.45, 2.75) is 57.6 Å². The van der Waals surface area contributed by atoms with Crippen molar-refractivity contribution in [1.29, 1.82) is 0 Å². The van der Waals surface area contributed by atoms with E-state index in [4.69, 9.17) is 4.74 Å². The van der Waals surface area contributed by atoms with Gasteiger partial charge in [-0.25, -0.2) is 9.97 Å². The van der Waals surface area contributed by atoms with Crippen molar-refractivity contribution in [3.8, 4) is 0 Å². The van der Waals surface area contributed by atoms with Gasteiger partial charge in [-0.1, -0.05) is 13.8 Å². The Hall–Kier alpha value is -2.22. The molecule has 8 nitrogen and oxygen atoms in total. The Balaban J connectivity index is 1.46. The van der Waals surface area contributed by atoms with Gasteiger partial charge in [-0.3, -0.25) is 0 Å². The Kier molecular flexibility index (Phi) is 5.75. The van der Waals surface area contributed by atoms with Crippen molar-refractivity contribution in [2.75, 3.05) is 29.9 Å². The molecule has 0 radical (unpaired) electrons. The summed E-state index contributed by atoms with van der Waals surface area (Å²) in [5.41, 5.74) is 0. The molecule has 2 aliphatic rings. The summed E-state index contributed by atoms with van der Waals surface area (Å²) in [4.78, 5) is 11.4. The predicted octanol–water partition coefficient (Wildman–Crippen LogP) is 2.60. The fraction of sp³-hybridized carbons (Fsp3) is 0.700. The van der Waals surface area contributed by atoms with Crippen molar-refractivity contribution in [2.24, 2.45) is 13.0 Å². The lowest BCUT2D eigenvalue weighted by Gasteiger charge is -2.35. The highest BCUT2D eigenvalue weighted by molar-refractivity contribution is 5.49. The summed E-state index contributed by atoms with van der Waals surface area (Å²) in [5, 5.41) is 12.0. The first kappa shape index (κ1) is 19.1. The summed E-state index contributed by atoms with van der Waals surface area (Å²) < 4.78 is 8.03. The van der Waals surface area contributed by atoms with E-state index in [1.165, 1.54) is 0 Å². The van der Waals surface area contributed by atoms with Gasteiger partial charge in [0.25, 0.3) is 0 Å². The van der Waals surface area contributed by atoms with Crippen LogP contribution in [0.4, 0.5) is 11.6 Å². The van der Waals surface area contributed by atoms with Crippen molar-refractivity contribution < 1.29 is 4.74 Å². The molecule has 1 N–H and O–H groups in total. The topological polar surface area (TPSA) is 81.0 Å². The average Bonchev–Trinajstić information content (AvgIpc) is 3.14. The summed E-state index contributed by atoms with van der Waals surface area (Å²) in [6.07, 6.45) is 8.12. The molecule has 3 atom stereocenters. The fourth-order valence-electron chi connectivity index (χ4n) is 4.46. The van der Waals surface area contributed by atoms with Crippen LogP contribution >= 0.6 is 0 Å². The van der Waals surface area contributed by atoms with Gasteiger partial charge < -0.3 is 19.5 Å². The molecule has 0 spiro atoms. The number of nitrogens with one attached hydrogen (secondary N) is 1. The van der Waals surface area contributed by atoms with Crippen LogP contribution in [0, 0.1) is 5.92 Å². The van der Waals surface area contributed by atoms with E-state index in [0.717, 1.165) is 62.8 Å². The summed E-state index contributed by atoms with van der Waals surface area (Å²) in [6.45, 7) is 7.20. The highest BCUT2D eigenvalue weighted by Crippen LogP contribution is 2.29. The number of anilines is 2. The third kappa shape index (κ3) is 4.11. The molecule has 0 aromatic carbocycles. The van der Waals surface area contributed by atoms with Gasteiger partial charge in [-0.15, -0.1) is 10.2 Å². The van der Waals surface area contributed by atoms with Gasteiger partial charge in [-0.05, 0) is 31.6 Å². The molecule has 0 bridgehead atoms. The quantitative estimate of drug-likeness (QED) is 0.847. The van der Waals surface area contributed by atoms with Gasteiger partial charge in [0.2, 0.25) is 0 Å². The first-order chi connectivity index (χ1) is 13.6. The monoisotopic (exact) mass is 385 g/mol. The molecule has 4 rings (SSSR count). The van der Waals surface area contributed by atoms with E-state index in [1.54, 1.807) is 12.7 Å². The zero-order valence-electron chi connectivity index (χ0n) is 17.1. The Morgan fingerprint density at radius 2 is 2.11 bits per heavy atom. The van der Waals surface area contributed by atoms with Gasteiger partial charge in [0.05, 0.1) is 12.1 Å². The van der Waals surface area contributed by atoms with E-state index in [2.05, 4.69) is 50.3 Å². The number of rotatable bonds is 5. The molecule has 4 heterocycles. The van der Waals surface area contributed by atoms with E-state index in [0.29, 0.717) is 17.9 Å². The second-order valence-electron chi connectivity index (χ2n) is 8.32. The average molecular weight is 386 g/mol. The predicted molar refractivity (Wildman–Crippen MR) is 108 cm³/mol. The van der Waals surface area contributed by atoms with Crippen LogP contribution in [-0.4, -0.2) is 56.6 Å². The van der Waals surface area contributed by atoms with Crippen molar-refractivity contribution >= 4 is 11.6 Å². The molecule has 0 saturated carbocycles. The Labute approximate surface area is 166 Å². The molecule has 152 valence electrons. The lowest BCUT2D eigenvalue weighted by atomic mass is 9.93. The Morgan fingerprint density at radius 3 is 2.89 bits per heavy atom. The number of hydrogen-bond acceptors (Lipinski definition) is 7. The normalized spacial score (nSPS) is 25.9. The Morgan fingerprint density at radius 1 is 1.21 bits per heavy atom. The van der Waals surface area contributed by atoms with E-state index in [-0.39, 0.29) is 6.10 Å². The maximum absolute atomic E-state index is 6.01. The standard InChI is InChI=1S/C20H31N7O/c1-14(2)19-16(7-5-9-28-19)24-17-10-18(22-12-21-17)27-8-4-6-15(11-27)20-25-23-13-26(20)3/h10,12-16,19H,4-9,11H2,1-3H3,(H,21,22,24)/t15-,16+,19+/m1/s1. The van der Waals surface area contributed by atoms with Crippen LogP contribution in [0.2, 0.25) is 0 Å². The van der Waals surface area contributed by atoms with Gasteiger partial charge >= 0.3 is 0 Å². The molecule has 2 aromatic rings. The summed E-state index contributed by atoms with van der Waals surface area (Å²) in [5.74, 6) is 3.77. The Bertz CT molecular complexity index is 777. The zero-order chi connectivity index (χ0) is 19.5. The molecule has 0 aliphatic carbocycles. The van der Waals surface area contributed by atoms with Crippen molar-refractivity contribution in [3.05, 3.63) is 24.5 Å². The molecule has 2 fully saturated rings. The van der Waals surface area contributed by atoms with Crippen LogP contribution in [0.3, 0.4) is 0 Å². The number of ether oxygens (including phenoxy) is 1. The molecule has 0 amide bonds. The maximum Gasteiger partial charge on any atom is 0.137 e. The molecular weight excluding hydrogens is 354 g/mol. The SMILES string of the molecule is CC(C)[C@@H]1OCCC[C@@H]1Nc1cc(N2CCC[C@@H](c3nncn3C)C2)ncn1. The molecule has 8 heteroatoms. The molecule has 28 heavy (non-hydrogen) atoms. The molecular formula is C20H31N7O. The molecule has 2 aromatic heterocycles. The summed E-state index contributed by atoms with van der Waals surface area (Å²) >= 11 is 0. The lowest BCUT2D eigenvalue weighted by Crippen LogP contribution is -2.43.